The van der Waals surface area contributed by atoms with Crippen molar-refractivity contribution in [3.8, 4) is 5.75 Å². The maximum absolute atomic E-state index is 13.1. The van der Waals surface area contributed by atoms with E-state index in [0.717, 1.165) is 50.2 Å². The molecular weight excluding hydrogens is 400 g/mol. The number of hydrogen-bond acceptors (Lipinski definition) is 5. The number of aromatic nitrogens is 1. The molecule has 3 unspecified atom stereocenters. The van der Waals surface area contributed by atoms with E-state index in [0.29, 0.717) is 24.5 Å². The van der Waals surface area contributed by atoms with Gasteiger partial charge in [0.2, 0.25) is 5.91 Å². The van der Waals surface area contributed by atoms with E-state index in [4.69, 9.17) is 9.72 Å². The van der Waals surface area contributed by atoms with Crippen LogP contribution in [-0.2, 0) is 11.2 Å². The van der Waals surface area contributed by atoms with Crippen molar-refractivity contribution in [1.29, 1.82) is 0 Å². The van der Waals surface area contributed by atoms with Crippen LogP contribution in [0.2, 0.25) is 0 Å². The Kier molecular flexibility index (Phi) is 7.43. The van der Waals surface area contributed by atoms with Crippen LogP contribution in [-0.4, -0.2) is 47.6 Å². The summed E-state index contributed by atoms with van der Waals surface area (Å²) in [6, 6.07) is 12.8. The summed E-state index contributed by atoms with van der Waals surface area (Å²) in [7, 11) is 0. The van der Waals surface area contributed by atoms with Crippen molar-refractivity contribution in [2.24, 2.45) is 5.92 Å². The quantitative estimate of drug-likeness (QED) is 0.693. The minimum absolute atomic E-state index is 0.120. The van der Waals surface area contributed by atoms with Crippen molar-refractivity contribution in [2.45, 2.75) is 64.5 Å². The number of hydrazine groups is 1. The van der Waals surface area contributed by atoms with E-state index >= 15 is 0 Å². The molecule has 6 heteroatoms. The van der Waals surface area contributed by atoms with Crippen molar-refractivity contribution in [3.63, 3.8) is 0 Å². The third-order valence-corrected chi connectivity index (χ3v) is 6.68. The van der Waals surface area contributed by atoms with Gasteiger partial charge in [0, 0.05) is 36.9 Å². The molecule has 0 bridgehead atoms. The molecule has 0 saturated carbocycles. The van der Waals surface area contributed by atoms with E-state index < -0.39 is 0 Å². The normalized spacial score (nSPS) is 23.5. The first-order valence-electron chi connectivity index (χ1n) is 12.0. The SMILES string of the molecule is CCOc1ccc(Cc2ccc(C3CCCN(C(=O)C4CC(C(C)C)NN4)C3)nc2)cc1. The minimum Gasteiger partial charge on any atom is -0.494 e. The molecule has 4 rings (SSSR count). The maximum atomic E-state index is 13.1. The lowest BCUT2D eigenvalue weighted by Crippen LogP contribution is -2.48. The lowest BCUT2D eigenvalue weighted by atomic mass is 9.92. The second kappa shape index (κ2) is 10.5. The second-order valence-corrected chi connectivity index (χ2v) is 9.40. The molecule has 32 heavy (non-hydrogen) atoms. The number of nitrogens with zero attached hydrogens (tertiary/aromatic N) is 2. The predicted molar refractivity (Wildman–Crippen MR) is 127 cm³/mol. The zero-order valence-electron chi connectivity index (χ0n) is 19.5. The molecule has 0 radical (unpaired) electrons. The highest BCUT2D eigenvalue weighted by molar-refractivity contribution is 5.82. The van der Waals surface area contributed by atoms with E-state index in [1.165, 1.54) is 11.1 Å². The van der Waals surface area contributed by atoms with E-state index in [2.05, 4.69) is 49.0 Å². The largest absolute Gasteiger partial charge is 0.494 e. The fraction of sp³-hybridized carbons (Fsp3) is 0.538. The van der Waals surface area contributed by atoms with Gasteiger partial charge in [0.15, 0.2) is 0 Å². The minimum atomic E-state index is -0.120. The average molecular weight is 437 g/mol. The van der Waals surface area contributed by atoms with Crippen LogP contribution in [0.4, 0.5) is 0 Å². The van der Waals surface area contributed by atoms with Gasteiger partial charge in [-0.3, -0.25) is 15.2 Å². The molecule has 1 aromatic carbocycles. The van der Waals surface area contributed by atoms with Crippen LogP contribution >= 0.6 is 0 Å². The first-order valence-corrected chi connectivity index (χ1v) is 12.0. The number of carbonyl (C=O) groups is 1. The van der Waals surface area contributed by atoms with Crippen molar-refractivity contribution in [3.05, 3.63) is 59.4 Å². The van der Waals surface area contributed by atoms with Crippen LogP contribution < -0.4 is 15.6 Å². The molecule has 2 fully saturated rings. The maximum Gasteiger partial charge on any atom is 0.241 e. The molecule has 2 aliphatic rings. The second-order valence-electron chi connectivity index (χ2n) is 9.40. The topological polar surface area (TPSA) is 66.5 Å². The summed E-state index contributed by atoms with van der Waals surface area (Å²) in [4.78, 5) is 19.9. The molecule has 1 amide bonds. The van der Waals surface area contributed by atoms with Gasteiger partial charge in [0.05, 0.1) is 6.61 Å². The van der Waals surface area contributed by atoms with Crippen LogP contribution in [0.5, 0.6) is 5.75 Å². The Bertz CT molecular complexity index is 882. The molecule has 2 aliphatic heterocycles. The highest BCUT2D eigenvalue weighted by Crippen LogP contribution is 2.27. The Morgan fingerprint density at radius 1 is 1.16 bits per heavy atom. The number of likely N-dealkylation sites (tertiary alicyclic amines) is 1. The molecular formula is C26H36N4O2. The van der Waals surface area contributed by atoms with Gasteiger partial charge >= 0.3 is 0 Å². The summed E-state index contributed by atoms with van der Waals surface area (Å²) >= 11 is 0. The number of carbonyl (C=O) groups excluding carboxylic acids is 1. The molecule has 172 valence electrons. The van der Waals surface area contributed by atoms with Gasteiger partial charge in [-0.05, 0) is 67.9 Å². The predicted octanol–water partition coefficient (Wildman–Crippen LogP) is 3.67. The lowest BCUT2D eigenvalue weighted by Gasteiger charge is -2.34. The standard InChI is InChI=1S/C26H36N4O2/c1-4-32-22-10-7-19(8-11-22)14-20-9-12-23(27-16-20)21-6-5-13-30(17-21)26(31)25-15-24(18(2)3)28-29-25/h7-12,16,18,21,24-25,28-29H,4-6,13-15,17H2,1-3H3. The number of rotatable bonds is 7. The molecule has 1 aromatic heterocycles. The summed E-state index contributed by atoms with van der Waals surface area (Å²) in [6.45, 7) is 8.65. The van der Waals surface area contributed by atoms with Gasteiger partial charge in [0.25, 0.3) is 0 Å². The van der Waals surface area contributed by atoms with Gasteiger partial charge in [-0.15, -0.1) is 0 Å². The fourth-order valence-electron chi connectivity index (χ4n) is 4.71. The zero-order chi connectivity index (χ0) is 22.5. The Labute approximate surface area is 191 Å². The van der Waals surface area contributed by atoms with Gasteiger partial charge in [-0.1, -0.05) is 32.0 Å². The number of piperidine rings is 1. The number of hydrogen-bond donors (Lipinski definition) is 2. The number of nitrogens with one attached hydrogen (secondary N) is 2. The highest BCUT2D eigenvalue weighted by atomic mass is 16.5. The van der Waals surface area contributed by atoms with E-state index in [9.17, 15) is 4.79 Å². The smallest absolute Gasteiger partial charge is 0.241 e. The van der Waals surface area contributed by atoms with Crippen molar-refractivity contribution in [2.75, 3.05) is 19.7 Å². The number of pyridine rings is 1. The van der Waals surface area contributed by atoms with Crippen LogP contribution in [0, 0.1) is 5.92 Å². The first-order chi connectivity index (χ1) is 15.5. The third-order valence-electron chi connectivity index (χ3n) is 6.68. The summed E-state index contributed by atoms with van der Waals surface area (Å²) in [5, 5.41) is 0. The number of benzene rings is 1. The molecule has 2 aromatic rings. The molecule has 6 nitrogen and oxygen atoms in total. The summed E-state index contributed by atoms with van der Waals surface area (Å²) < 4.78 is 5.52. The monoisotopic (exact) mass is 436 g/mol. The Balaban J connectivity index is 1.34. The Morgan fingerprint density at radius 3 is 2.59 bits per heavy atom. The summed E-state index contributed by atoms with van der Waals surface area (Å²) in [6.07, 6.45) is 5.81. The molecule has 2 N–H and O–H groups in total. The fourth-order valence-corrected chi connectivity index (χ4v) is 4.71. The first kappa shape index (κ1) is 22.7. The van der Waals surface area contributed by atoms with Crippen molar-refractivity contribution >= 4 is 5.91 Å². The van der Waals surface area contributed by atoms with Crippen LogP contribution in [0.15, 0.2) is 42.6 Å². The molecule has 2 saturated heterocycles. The van der Waals surface area contributed by atoms with Crippen LogP contribution in [0.25, 0.3) is 0 Å². The average Bonchev–Trinajstić information content (AvgIpc) is 3.31. The Hall–Kier alpha value is -2.44. The van der Waals surface area contributed by atoms with Gasteiger partial charge in [-0.25, -0.2) is 5.43 Å². The Morgan fingerprint density at radius 2 is 1.94 bits per heavy atom. The highest BCUT2D eigenvalue weighted by Gasteiger charge is 2.35. The van der Waals surface area contributed by atoms with Crippen molar-refractivity contribution in [1.82, 2.24) is 20.7 Å². The number of ether oxygens (including phenoxy) is 1. The summed E-state index contributed by atoms with van der Waals surface area (Å²) in [5.41, 5.74) is 10.0. The molecule has 3 heterocycles. The van der Waals surface area contributed by atoms with E-state index in [-0.39, 0.29) is 11.9 Å². The number of amides is 1. The van der Waals surface area contributed by atoms with Crippen LogP contribution in [0.3, 0.4) is 0 Å². The zero-order valence-corrected chi connectivity index (χ0v) is 19.5. The van der Waals surface area contributed by atoms with Gasteiger partial charge in [-0.2, -0.15) is 0 Å². The summed E-state index contributed by atoms with van der Waals surface area (Å²) in [5.74, 6) is 1.95. The molecule has 3 atom stereocenters. The van der Waals surface area contributed by atoms with Gasteiger partial charge < -0.3 is 9.64 Å². The van der Waals surface area contributed by atoms with E-state index in [1.807, 2.05) is 30.2 Å². The molecule has 0 spiro atoms. The van der Waals surface area contributed by atoms with E-state index in [1.54, 1.807) is 0 Å². The van der Waals surface area contributed by atoms with Crippen molar-refractivity contribution < 1.29 is 9.53 Å². The van der Waals surface area contributed by atoms with Crippen LogP contribution in [0.1, 0.15) is 62.8 Å². The van der Waals surface area contributed by atoms with Gasteiger partial charge in [0.1, 0.15) is 11.8 Å². The molecule has 0 aliphatic carbocycles. The third kappa shape index (κ3) is 5.48. The lowest BCUT2D eigenvalue weighted by molar-refractivity contribution is -0.134.